The largest absolute Gasteiger partial charge is 1.00 e. The van der Waals surface area contributed by atoms with Gasteiger partial charge < -0.3 is 15.3 Å². The van der Waals surface area contributed by atoms with Gasteiger partial charge in [0.2, 0.25) is 0 Å². The minimum atomic E-state index is -4.83. The van der Waals surface area contributed by atoms with Crippen molar-refractivity contribution in [1.29, 1.82) is 0 Å². The molecule has 34 heavy (non-hydrogen) atoms. The first-order chi connectivity index (χ1) is 15.4. The number of hydrogen-bond acceptors (Lipinski definition) is 10. The van der Waals surface area contributed by atoms with Crippen LogP contribution in [-0.2, 0) is 20.0 Å². The number of azo groups is 1. The van der Waals surface area contributed by atoms with Gasteiger partial charge in [0.15, 0.2) is 15.6 Å². The fourth-order valence-electron chi connectivity index (χ4n) is 2.95. The van der Waals surface area contributed by atoms with Gasteiger partial charge in [-0.2, -0.15) is 13.5 Å². The minimum Gasteiger partial charge on any atom is -0.862 e. The van der Waals surface area contributed by atoms with Gasteiger partial charge >= 0.3 is 29.6 Å². The molecule has 0 unspecified atom stereocenters. The molecule has 3 aromatic rings. The van der Waals surface area contributed by atoms with Gasteiger partial charge in [-0.1, -0.05) is 0 Å². The number of aromatic hydroxyl groups is 1. The molecular weight excluding hydrogens is 497 g/mol. The molecule has 11 nitrogen and oxygen atoms in total. The molecule has 14 heteroatoms. The van der Waals surface area contributed by atoms with Crippen LogP contribution in [0.4, 0.5) is 17.1 Å². The van der Waals surface area contributed by atoms with E-state index in [0.29, 0.717) is 0 Å². The van der Waals surface area contributed by atoms with Crippen molar-refractivity contribution in [3.05, 3.63) is 48.5 Å². The number of benzene rings is 3. The van der Waals surface area contributed by atoms with E-state index in [1.54, 1.807) is 0 Å². The molecule has 0 amide bonds. The van der Waals surface area contributed by atoms with Crippen molar-refractivity contribution in [2.24, 2.45) is 15.2 Å². The number of phenols is 1. The second kappa shape index (κ2) is 10.9. The van der Waals surface area contributed by atoms with E-state index in [4.69, 9.17) is 5.11 Å². The number of aliphatic imine (C=N–C) groups is 1. The SMILES string of the molecule is CC([O-])=Nc1ccc2c(O)c(N=Nc3ccc(S(=O)(=O)CCO)cc3)c(S(=O)(=O)O)cc2c1.[Na+]. The summed E-state index contributed by atoms with van der Waals surface area (Å²) in [7, 11) is -8.50. The van der Waals surface area contributed by atoms with Crippen molar-refractivity contribution in [3.8, 4) is 5.75 Å². The van der Waals surface area contributed by atoms with Gasteiger partial charge in [-0.25, -0.2) is 8.42 Å². The van der Waals surface area contributed by atoms with E-state index >= 15 is 0 Å². The van der Waals surface area contributed by atoms with Crippen LogP contribution in [0.2, 0.25) is 0 Å². The van der Waals surface area contributed by atoms with Gasteiger partial charge in [-0.15, -0.1) is 5.11 Å². The number of rotatable bonds is 7. The summed E-state index contributed by atoms with van der Waals surface area (Å²) in [5, 5.41) is 38.6. The van der Waals surface area contributed by atoms with E-state index in [-0.39, 0.29) is 56.6 Å². The maximum Gasteiger partial charge on any atom is 1.00 e. The van der Waals surface area contributed by atoms with Crippen LogP contribution in [-0.4, -0.2) is 49.9 Å². The third-order valence-corrected chi connectivity index (χ3v) is 7.00. The average molecular weight is 516 g/mol. The normalized spacial score (nSPS) is 12.7. The summed E-state index contributed by atoms with van der Waals surface area (Å²) in [6.07, 6.45) is 0. The fraction of sp³-hybridized carbons (Fsp3) is 0.150. The Bertz CT molecular complexity index is 1480. The molecule has 0 aliphatic heterocycles. The molecular formula is C20H18N3NaO8S2. The Morgan fingerprint density at radius 1 is 0.971 bits per heavy atom. The maximum atomic E-state index is 12.0. The zero-order valence-electron chi connectivity index (χ0n) is 18.1. The Balaban J connectivity index is 0.00000408. The molecule has 0 aliphatic carbocycles. The molecule has 174 valence electrons. The Morgan fingerprint density at radius 2 is 1.59 bits per heavy atom. The number of nitrogens with zero attached hydrogens (tertiary/aromatic N) is 3. The van der Waals surface area contributed by atoms with Gasteiger partial charge in [0.05, 0.1) is 28.6 Å². The third kappa shape index (κ3) is 6.39. The molecule has 0 spiro atoms. The molecule has 3 aromatic carbocycles. The molecule has 0 saturated heterocycles. The van der Waals surface area contributed by atoms with Gasteiger partial charge in [-0.3, -0.25) is 9.55 Å². The van der Waals surface area contributed by atoms with Gasteiger partial charge in [0.1, 0.15) is 10.6 Å². The Labute approximate surface area is 217 Å². The van der Waals surface area contributed by atoms with Crippen LogP contribution in [0.15, 0.2) is 73.5 Å². The predicted octanol–water partition coefficient (Wildman–Crippen LogP) is -0.612. The van der Waals surface area contributed by atoms with E-state index < -0.39 is 54.5 Å². The summed E-state index contributed by atoms with van der Waals surface area (Å²) in [6, 6.07) is 10.3. The summed E-state index contributed by atoms with van der Waals surface area (Å²) in [6.45, 7) is 0.705. The van der Waals surface area contributed by atoms with Crippen molar-refractivity contribution in [2.75, 3.05) is 12.4 Å². The van der Waals surface area contributed by atoms with Crippen LogP contribution in [0.1, 0.15) is 6.92 Å². The molecule has 3 N–H and O–H groups in total. The number of sulfone groups is 1. The van der Waals surface area contributed by atoms with Crippen LogP contribution < -0.4 is 34.7 Å². The fourth-order valence-corrected chi connectivity index (χ4v) is 4.63. The Kier molecular flexibility index (Phi) is 8.93. The first kappa shape index (κ1) is 27.9. The van der Waals surface area contributed by atoms with Crippen LogP contribution in [0, 0.1) is 0 Å². The van der Waals surface area contributed by atoms with Crippen LogP contribution >= 0.6 is 0 Å². The standard InChI is InChI=1S/C20H19N3O8S2.Na/c1-12(25)21-15-4-7-17-13(10-15)11-18(33(29,30)31)19(20(17)26)23-22-14-2-5-16(6-3-14)32(27,28)9-8-24;/h2-7,10-11,24,26H,8-9H2,1H3,(H,21,25)(H,29,30,31);/q;+1/p-1. The van der Waals surface area contributed by atoms with Gasteiger partial charge in [0.25, 0.3) is 10.1 Å². The van der Waals surface area contributed by atoms with E-state index in [1.807, 2.05) is 0 Å². The summed E-state index contributed by atoms with van der Waals surface area (Å²) in [5.74, 6) is -1.51. The summed E-state index contributed by atoms with van der Waals surface area (Å²) in [4.78, 5) is 2.96. The third-order valence-electron chi connectivity index (χ3n) is 4.42. The summed E-state index contributed by atoms with van der Waals surface area (Å²) in [5.41, 5.74) is -0.172. The van der Waals surface area contributed by atoms with Crippen molar-refractivity contribution < 1.29 is 66.3 Å². The minimum absolute atomic E-state index is 0. The average Bonchev–Trinajstić information content (AvgIpc) is 2.72. The zero-order chi connectivity index (χ0) is 24.4. The predicted molar refractivity (Wildman–Crippen MR) is 118 cm³/mol. The number of aliphatic hydroxyl groups excluding tert-OH is 1. The van der Waals surface area contributed by atoms with Crippen LogP contribution in [0.5, 0.6) is 5.75 Å². The van der Waals surface area contributed by atoms with Crippen molar-refractivity contribution in [2.45, 2.75) is 16.7 Å². The molecule has 0 saturated carbocycles. The first-order valence-corrected chi connectivity index (χ1v) is 12.4. The maximum absolute atomic E-state index is 12.0. The van der Waals surface area contributed by atoms with E-state index in [9.17, 15) is 31.6 Å². The van der Waals surface area contributed by atoms with Crippen molar-refractivity contribution in [1.82, 2.24) is 0 Å². The first-order valence-electron chi connectivity index (χ1n) is 9.27. The second-order valence-corrected chi connectivity index (χ2v) is 10.3. The van der Waals surface area contributed by atoms with Crippen LogP contribution in [0.3, 0.4) is 0 Å². The number of phenolic OH excluding ortho intramolecular Hbond substituents is 1. The van der Waals surface area contributed by atoms with Crippen molar-refractivity contribution >= 4 is 53.7 Å². The molecule has 0 radical (unpaired) electrons. The summed E-state index contributed by atoms with van der Waals surface area (Å²) < 4.78 is 57.4. The van der Waals surface area contributed by atoms with E-state index in [1.165, 1.54) is 49.4 Å². The molecule has 0 heterocycles. The van der Waals surface area contributed by atoms with Gasteiger partial charge in [0, 0.05) is 5.39 Å². The number of hydrogen-bond donors (Lipinski definition) is 3. The molecule has 0 atom stereocenters. The molecule has 0 aromatic heterocycles. The van der Waals surface area contributed by atoms with Crippen LogP contribution in [0.25, 0.3) is 10.8 Å². The molecule has 0 aliphatic rings. The Morgan fingerprint density at radius 3 is 2.15 bits per heavy atom. The van der Waals surface area contributed by atoms with Gasteiger partial charge in [-0.05, 0) is 66.7 Å². The number of aliphatic hydroxyl groups is 1. The van der Waals surface area contributed by atoms with E-state index in [0.717, 1.165) is 6.07 Å². The number of fused-ring (bicyclic) bond motifs is 1. The molecule has 0 bridgehead atoms. The topological polar surface area (TPSA) is 189 Å². The monoisotopic (exact) mass is 515 g/mol. The zero-order valence-corrected chi connectivity index (χ0v) is 21.7. The Hall–Kier alpha value is -2.39. The van der Waals surface area contributed by atoms with E-state index in [2.05, 4.69) is 15.2 Å². The quantitative estimate of drug-likeness (QED) is 0.122. The summed E-state index contributed by atoms with van der Waals surface area (Å²) >= 11 is 0. The second-order valence-electron chi connectivity index (χ2n) is 6.82. The molecule has 3 rings (SSSR count). The molecule has 0 fully saturated rings. The smallest absolute Gasteiger partial charge is 0.862 e. The van der Waals surface area contributed by atoms with Crippen molar-refractivity contribution in [3.63, 3.8) is 0 Å².